The van der Waals surface area contributed by atoms with E-state index in [1.54, 1.807) is 0 Å². The molecule has 178 valence electrons. The SMILES string of the molecule is COc1ccc(-c2ccc3cc(C4SC(=O)NC4=O)ccc3c2)cc1C12CC3CC(CC(C3)C1)C2. The van der Waals surface area contributed by atoms with Crippen molar-refractivity contribution in [1.82, 2.24) is 5.32 Å². The molecule has 1 saturated heterocycles. The summed E-state index contributed by atoms with van der Waals surface area (Å²) in [5.41, 5.74) is 4.99. The van der Waals surface area contributed by atoms with Crippen LogP contribution in [-0.4, -0.2) is 18.3 Å². The van der Waals surface area contributed by atoms with E-state index in [9.17, 15) is 9.59 Å². The van der Waals surface area contributed by atoms with E-state index in [2.05, 4.69) is 47.8 Å². The lowest BCUT2D eigenvalue weighted by Crippen LogP contribution is -2.48. The molecule has 4 nitrogen and oxygen atoms in total. The molecule has 2 amide bonds. The first kappa shape index (κ1) is 21.5. The molecule has 4 saturated carbocycles. The minimum atomic E-state index is -0.462. The van der Waals surface area contributed by atoms with E-state index in [1.807, 2.05) is 19.2 Å². The van der Waals surface area contributed by atoms with Gasteiger partial charge >= 0.3 is 0 Å². The molecule has 3 aromatic rings. The van der Waals surface area contributed by atoms with Crippen LogP contribution in [0.5, 0.6) is 5.75 Å². The molecule has 5 fully saturated rings. The Morgan fingerprint density at radius 3 is 2.11 bits per heavy atom. The summed E-state index contributed by atoms with van der Waals surface area (Å²) < 4.78 is 5.92. The minimum absolute atomic E-state index is 0.230. The van der Waals surface area contributed by atoms with Gasteiger partial charge in [0.2, 0.25) is 5.91 Å². The van der Waals surface area contributed by atoms with Crippen LogP contribution in [0, 0.1) is 17.8 Å². The van der Waals surface area contributed by atoms with Gasteiger partial charge in [-0.2, -0.15) is 0 Å². The van der Waals surface area contributed by atoms with Crippen molar-refractivity contribution in [3.8, 4) is 16.9 Å². The van der Waals surface area contributed by atoms with Crippen molar-refractivity contribution in [1.29, 1.82) is 0 Å². The lowest BCUT2D eigenvalue weighted by Gasteiger charge is -2.57. The van der Waals surface area contributed by atoms with E-state index in [1.165, 1.54) is 55.2 Å². The molecule has 1 unspecified atom stereocenters. The van der Waals surface area contributed by atoms with E-state index >= 15 is 0 Å². The average Bonchev–Trinajstić information content (AvgIpc) is 3.20. The van der Waals surface area contributed by atoms with E-state index in [-0.39, 0.29) is 16.6 Å². The number of methoxy groups -OCH3 is 1. The molecule has 0 aromatic heterocycles. The number of benzene rings is 3. The van der Waals surface area contributed by atoms with Gasteiger partial charge in [0.1, 0.15) is 11.0 Å². The monoisotopic (exact) mass is 483 g/mol. The smallest absolute Gasteiger partial charge is 0.286 e. The summed E-state index contributed by atoms with van der Waals surface area (Å²) in [6, 6.07) is 19.4. The van der Waals surface area contributed by atoms with Crippen LogP contribution in [0.4, 0.5) is 4.79 Å². The molecular formula is C30H29NO3S. The Labute approximate surface area is 209 Å². The topological polar surface area (TPSA) is 55.4 Å². The van der Waals surface area contributed by atoms with Crippen molar-refractivity contribution in [3.05, 3.63) is 65.7 Å². The number of fused-ring (bicyclic) bond motifs is 1. The molecule has 4 bridgehead atoms. The summed E-state index contributed by atoms with van der Waals surface area (Å²) in [5, 5.41) is 3.86. The Bertz CT molecular complexity index is 1340. The van der Waals surface area contributed by atoms with Crippen molar-refractivity contribution in [3.63, 3.8) is 0 Å². The number of ether oxygens (including phenoxy) is 1. The van der Waals surface area contributed by atoms with Crippen LogP contribution in [0.2, 0.25) is 0 Å². The fraction of sp³-hybridized carbons (Fsp3) is 0.400. The molecule has 5 aliphatic rings. The lowest BCUT2D eigenvalue weighted by atomic mass is 9.48. The molecular weight excluding hydrogens is 454 g/mol. The van der Waals surface area contributed by atoms with Gasteiger partial charge in [-0.3, -0.25) is 14.9 Å². The minimum Gasteiger partial charge on any atom is -0.496 e. The average molecular weight is 484 g/mol. The highest BCUT2D eigenvalue weighted by Crippen LogP contribution is 2.62. The molecule has 35 heavy (non-hydrogen) atoms. The largest absolute Gasteiger partial charge is 0.496 e. The van der Waals surface area contributed by atoms with E-state index in [0.717, 1.165) is 51.6 Å². The predicted molar refractivity (Wildman–Crippen MR) is 140 cm³/mol. The number of carbonyl (C=O) groups is 2. The molecule has 5 heteroatoms. The standard InChI is InChI=1S/C30H29NO3S/c1-34-26-7-6-23(13-25(26)30-14-17-8-18(15-30)10-19(9-17)16-30)21-2-3-22-12-24(5-4-20(22)11-21)27-28(32)31-29(33)35-27/h2-7,11-13,17-19,27H,8-10,14-16H2,1H3,(H,31,32,33). The number of carbonyl (C=O) groups excluding carboxylic acids is 2. The van der Waals surface area contributed by atoms with Gasteiger partial charge in [0.15, 0.2) is 0 Å². The van der Waals surface area contributed by atoms with Crippen LogP contribution in [0.1, 0.15) is 54.9 Å². The van der Waals surface area contributed by atoms with Gasteiger partial charge in [-0.15, -0.1) is 0 Å². The maximum Gasteiger partial charge on any atom is 0.286 e. The van der Waals surface area contributed by atoms with Gasteiger partial charge in [-0.25, -0.2) is 0 Å². The van der Waals surface area contributed by atoms with Crippen molar-refractivity contribution in [2.75, 3.05) is 7.11 Å². The summed E-state index contributed by atoms with van der Waals surface area (Å²) in [4.78, 5) is 23.7. The van der Waals surface area contributed by atoms with E-state index < -0.39 is 5.25 Å². The van der Waals surface area contributed by atoms with Crippen LogP contribution < -0.4 is 10.1 Å². The Kier molecular flexibility index (Phi) is 4.82. The van der Waals surface area contributed by atoms with Crippen LogP contribution in [-0.2, 0) is 10.2 Å². The zero-order valence-corrected chi connectivity index (χ0v) is 20.7. The number of imide groups is 1. The first-order valence-electron chi connectivity index (χ1n) is 12.7. The summed E-state index contributed by atoms with van der Waals surface area (Å²) in [6.07, 6.45) is 8.24. The number of rotatable bonds is 4. The number of amides is 2. The molecule has 0 radical (unpaired) electrons. The Morgan fingerprint density at radius 2 is 1.46 bits per heavy atom. The Balaban J connectivity index is 1.25. The van der Waals surface area contributed by atoms with Crippen LogP contribution in [0.15, 0.2) is 54.6 Å². The molecule has 3 aromatic carbocycles. The van der Waals surface area contributed by atoms with Gasteiger partial charge in [-0.05, 0) is 125 Å². The number of nitrogens with one attached hydrogen (secondary N) is 1. The summed E-state index contributed by atoms with van der Waals surface area (Å²) >= 11 is 1.05. The van der Waals surface area contributed by atoms with Crippen molar-refractivity contribution in [2.45, 2.75) is 49.2 Å². The van der Waals surface area contributed by atoms with Crippen molar-refractivity contribution >= 4 is 33.7 Å². The highest BCUT2D eigenvalue weighted by molar-refractivity contribution is 8.15. The fourth-order valence-electron chi connectivity index (χ4n) is 7.92. The summed E-state index contributed by atoms with van der Waals surface area (Å²) in [5.74, 6) is 3.48. The first-order valence-corrected chi connectivity index (χ1v) is 13.6. The van der Waals surface area contributed by atoms with Gasteiger partial charge in [0.05, 0.1) is 7.11 Å². The quantitative estimate of drug-likeness (QED) is 0.434. The van der Waals surface area contributed by atoms with Gasteiger partial charge in [0, 0.05) is 5.56 Å². The number of thioether (sulfide) groups is 1. The van der Waals surface area contributed by atoms with Crippen LogP contribution in [0.25, 0.3) is 21.9 Å². The third-order valence-electron chi connectivity index (χ3n) is 9.00. The molecule has 1 N–H and O–H groups in total. The molecule has 1 aliphatic heterocycles. The van der Waals surface area contributed by atoms with Gasteiger partial charge in [0.25, 0.3) is 5.24 Å². The lowest BCUT2D eigenvalue weighted by molar-refractivity contribution is -0.119. The molecule has 8 rings (SSSR count). The van der Waals surface area contributed by atoms with Gasteiger partial charge in [-0.1, -0.05) is 30.3 Å². The first-order chi connectivity index (χ1) is 17.0. The summed E-state index contributed by atoms with van der Waals surface area (Å²) in [7, 11) is 1.81. The normalized spacial score (nSPS) is 31.2. The Hall–Kier alpha value is -2.79. The summed E-state index contributed by atoms with van der Waals surface area (Å²) in [6.45, 7) is 0. The van der Waals surface area contributed by atoms with Crippen molar-refractivity contribution in [2.24, 2.45) is 17.8 Å². The molecule has 0 spiro atoms. The highest BCUT2D eigenvalue weighted by atomic mass is 32.2. The highest BCUT2D eigenvalue weighted by Gasteiger charge is 2.52. The van der Waals surface area contributed by atoms with Crippen LogP contribution in [0.3, 0.4) is 0 Å². The third kappa shape index (κ3) is 3.50. The molecule has 4 aliphatic carbocycles. The number of hydrogen-bond donors (Lipinski definition) is 1. The Morgan fingerprint density at radius 1 is 0.829 bits per heavy atom. The fourth-order valence-corrected chi connectivity index (χ4v) is 8.75. The maximum absolute atomic E-state index is 12.1. The van der Waals surface area contributed by atoms with E-state index in [4.69, 9.17) is 4.74 Å². The van der Waals surface area contributed by atoms with Crippen LogP contribution >= 0.6 is 11.8 Å². The maximum atomic E-state index is 12.1. The molecule has 1 heterocycles. The second-order valence-electron chi connectivity index (χ2n) is 11.2. The zero-order valence-electron chi connectivity index (χ0n) is 19.9. The zero-order chi connectivity index (χ0) is 23.7. The molecule has 1 atom stereocenters. The second-order valence-corrected chi connectivity index (χ2v) is 12.3. The second kappa shape index (κ2) is 7.86. The predicted octanol–water partition coefficient (Wildman–Crippen LogP) is 7.01. The number of hydrogen-bond acceptors (Lipinski definition) is 4. The van der Waals surface area contributed by atoms with Gasteiger partial charge < -0.3 is 4.74 Å². The van der Waals surface area contributed by atoms with Crippen molar-refractivity contribution < 1.29 is 14.3 Å². The third-order valence-corrected chi connectivity index (χ3v) is 10.0. The van der Waals surface area contributed by atoms with E-state index in [0.29, 0.717) is 0 Å².